The van der Waals surface area contributed by atoms with Gasteiger partial charge in [0.05, 0.1) is 0 Å². The molecule has 0 N–H and O–H groups in total. The number of benzene rings is 4. The van der Waals surface area contributed by atoms with Crippen LogP contribution in [0.3, 0.4) is 0 Å². The van der Waals surface area contributed by atoms with Crippen molar-refractivity contribution in [1.29, 1.82) is 0 Å². The van der Waals surface area contributed by atoms with Gasteiger partial charge in [-0.3, -0.25) is 0 Å². The van der Waals surface area contributed by atoms with Crippen molar-refractivity contribution in [1.82, 2.24) is 0 Å². The Morgan fingerprint density at radius 3 is 1.24 bits per heavy atom. The summed E-state index contributed by atoms with van der Waals surface area (Å²) >= 11 is -3.42. The summed E-state index contributed by atoms with van der Waals surface area (Å²) in [4.78, 5) is 0. The van der Waals surface area contributed by atoms with E-state index in [1.54, 1.807) is 36.5 Å². The SMILES string of the molecule is COc1ccc(-c2cccc3c2C=C(C(C)(C)C)[CH]3[Hf+2]2([CH]3C(C(C)(C)C)=Cc4c(-c5ccc(OC)cc5)cccc43)[CH]3CCCC[CH]32)cc1.[Cl-].[Cl-]. The molecule has 1 saturated carbocycles. The largest absolute Gasteiger partial charge is 1.00 e. The van der Waals surface area contributed by atoms with E-state index < -0.39 is 20.0 Å². The summed E-state index contributed by atoms with van der Waals surface area (Å²) in [6.07, 6.45) is 11.0. The summed E-state index contributed by atoms with van der Waals surface area (Å²) in [5.41, 5.74) is 15.2. The average Bonchev–Trinajstić information content (AvgIpc) is 3.36. The molecular formula is C46H52Cl2HfO2. The molecule has 1 heterocycles. The van der Waals surface area contributed by atoms with Gasteiger partial charge in [0.15, 0.2) is 0 Å². The molecule has 0 spiro atoms. The van der Waals surface area contributed by atoms with Gasteiger partial charge in [-0.2, -0.15) is 0 Å². The van der Waals surface area contributed by atoms with Gasteiger partial charge < -0.3 is 24.8 Å². The van der Waals surface area contributed by atoms with Crippen molar-refractivity contribution < 1.29 is 54.3 Å². The Morgan fingerprint density at radius 1 is 0.529 bits per heavy atom. The Morgan fingerprint density at radius 2 is 0.902 bits per heavy atom. The zero-order valence-corrected chi connectivity index (χ0v) is 36.6. The minimum absolute atomic E-state index is 0. The summed E-state index contributed by atoms with van der Waals surface area (Å²) in [7, 11) is 3.50. The predicted molar refractivity (Wildman–Crippen MR) is 203 cm³/mol. The number of rotatable bonds is 6. The maximum absolute atomic E-state index is 5.54. The standard InChI is InChI=1S/2C20H21O.C6H10.2ClH.Hf/c2*1-20(2,3)16-12-15-6-5-7-18(19(15)13-16)14-8-10-17(21-4)11-9-14;1-2-4-6-5-3-1;;;/h2*5-13H,1-4H3;1-2H,3-6H2;2*1H;/q;;;;;+2/p-2. The van der Waals surface area contributed by atoms with Crippen molar-refractivity contribution in [3.05, 3.63) is 118 Å². The molecule has 8 rings (SSSR count). The van der Waals surface area contributed by atoms with Gasteiger partial charge in [0.1, 0.15) is 0 Å². The van der Waals surface area contributed by atoms with E-state index in [9.17, 15) is 0 Å². The molecule has 0 aromatic heterocycles. The van der Waals surface area contributed by atoms with Gasteiger partial charge >= 0.3 is 301 Å². The van der Waals surface area contributed by atoms with Crippen LogP contribution in [-0.4, -0.2) is 14.2 Å². The molecule has 1 aliphatic heterocycles. The summed E-state index contributed by atoms with van der Waals surface area (Å²) in [6, 6.07) is 32.0. The summed E-state index contributed by atoms with van der Waals surface area (Å²) in [5.74, 6) is 1.82. The van der Waals surface area contributed by atoms with E-state index in [2.05, 4.69) is 139 Å². The van der Waals surface area contributed by atoms with E-state index >= 15 is 0 Å². The van der Waals surface area contributed by atoms with E-state index in [1.807, 2.05) is 0 Å². The zero-order chi connectivity index (χ0) is 34.3. The number of hydrogen-bond acceptors (Lipinski definition) is 2. The van der Waals surface area contributed by atoms with Crippen LogP contribution in [0.2, 0.25) is 7.35 Å². The van der Waals surface area contributed by atoms with Gasteiger partial charge in [-0.05, 0) is 0 Å². The first-order chi connectivity index (χ1) is 23.5. The van der Waals surface area contributed by atoms with Crippen LogP contribution in [0, 0.1) is 10.8 Å². The maximum Gasteiger partial charge on any atom is -1.00 e. The number of ether oxygens (including phenoxy) is 2. The summed E-state index contributed by atoms with van der Waals surface area (Å²) in [5, 5.41) is 0. The van der Waals surface area contributed by atoms with E-state index in [-0.39, 0.29) is 35.6 Å². The van der Waals surface area contributed by atoms with Crippen LogP contribution in [0.1, 0.15) is 96.8 Å². The topological polar surface area (TPSA) is 18.5 Å². The molecule has 5 heteroatoms. The third-order valence-electron chi connectivity index (χ3n) is 12.6. The molecule has 4 aromatic carbocycles. The molecule has 3 aliphatic carbocycles. The second-order valence-corrected chi connectivity index (χ2v) is 33.8. The van der Waals surface area contributed by atoms with Gasteiger partial charge in [0.25, 0.3) is 0 Å². The Bertz CT molecular complexity index is 1830. The van der Waals surface area contributed by atoms with E-state index in [0.717, 1.165) is 18.8 Å². The van der Waals surface area contributed by atoms with Gasteiger partial charge in [-0.15, -0.1) is 0 Å². The van der Waals surface area contributed by atoms with E-state index in [0.29, 0.717) is 7.35 Å². The second kappa shape index (κ2) is 14.0. The molecule has 2 fully saturated rings. The Labute approximate surface area is 323 Å². The molecule has 4 unspecified atom stereocenters. The monoisotopic (exact) mass is 886 g/mol. The third kappa shape index (κ3) is 6.12. The molecule has 4 aliphatic rings. The average molecular weight is 886 g/mol. The predicted octanol–water partition coefficient (Wildman–Crippen LogP) is 7.03. The number of allylic oxidation sites excluding steroid dienone is 2. The van der Waals surface area contributed by atoms with Crippen LogP contribution in [0.25, 0.3) is 34.4 Å². The van der Waals surface area contributed by atoms with Crippen LogP contribution >= 0.6 is 0 Å². The molecule has 0 bridgehead atoms. The Hall–Kier alpha value is -2.59. The van der Waals surface area contributed by atoms with Crippen LogP contribution in [0.5, 0.6) is 11.5 Å². The van der Waals surface area contributed by atoms with Gasteiger partial charge in [0.2, 0.25) is 0 Å². The van der Waals surface area contributed by atoms with Crippen LogP contribution in [0.4, 0.5) is 0 Å². The van der Waals surface area contributed by atoms with Crippen molar-refractivity contribution >= 4 is 12.2 Å². The first kappa shape index (κ1) is 38.1. The molecule has 4 aromatic rings. The van der Waals surface area contributed by atoms with Crippen LogP contribution in [-0.2, 0) is 20.0 Å². The zero-order valence-electron chi connectivity index (χ0n) is 31.4. The fraction of sp³-hybridized carbons (Fsp3) is 0.391. The quantitative estimate of drug-likeness (QED) is 0.194. The van der Waals surface area contributed by atoms with Crippen molar-refractivity contribution in [3.63, 3.8) is 0 Å². The number of methoxy groups -OCH3 is 2. The van der Waals surface area contributed by atoms with E-state index in [1.165, 1.54) is 59.1 Å². The Kier molecular flexibility index (Phi) is 10.5. The second-order valence-electron chi connectivity index (χ2n) is 17.1. The van der Waals surface area contributed by atoms with Gasteiger partial charge in [-0.1, -0.05) is 0 Å². The molecule has 1 saturated heterocycles. The molecule has 4 atom stereocenters. The minimum Gasteiger partial charge on any atom is -1.00 e. The van der Waals surface area contributed by atoms with Crippen LogP contribution in [0.15, 0.2) is 96.1 Å². The van der Waals surface area contributed by atoms with Gasteiger partial charge in [0, 0.05) is 0 Å². The normalized spacial score (nSPS) is 23.3. The number of hydrogen-bond donors (Lipinski definition) is 0. The first-order valence-electron chi connectivity index (χ1n) is 18.5. The molecule has 51 heavy (non-hydrogen) atoms. The first-order valence-corrected chi connectivity index (χ1v) is 26.8. The van der Waals surface area contributed by atoms with Gasteiger partial charge in [-0.25, -0.2) is 0 Å². The fourth-order valence-corrected chi connectivity index (χ4v) is 47.2. The molecule has 0 radical (unpaired) electrons. The maximum atomic E-state index is 5.54. The third-order valence-corrected chi connectivity index (χ3v) is 37.1. The molecule has 266 valence electrons. The molecular weight excluding hydrogens is 834 g/mol. The molecule has 0 amide bonds. The number of fused-ring (bicyclic) bond motifs is 3. The van der Waals surface area contributed by atoms with Crippen molar-refractivity contribution in [3.8, 4) is 33.8 Å². The Balaban J connectivity index is 0.00000224. The number of halogens is 2. The van der Waals surface area contributed by atoms with Crippen molar-refractivity contribution in [2.24, 2.45) is 10.8 Å². The van der Waals surface area contributed by atoms with E-state index in [4.69, 9.17) is 9.47 Å². The van der Waals surface area contributed by atoms with Crippen LogP contribution < -0.4 is 34.3 Å². The minimum atomic E-state index is -3.42. The van der Waals surface area contributed by atoms with Crippen molar-refractivity contribution in [2.45, 2.75) is 81.9 Å². The smallest absolute Gasteiger partial charge is 1.00 e. The summed E-state index contributed by atoms with van der Waals surface area (Å²) < 4.78 is 14.2. The summed E-state index contributed by atoms with van der Waals surface area (Å²) in [6.45, 7) is 14.9. The van der Waals surface area contributed by atoms with Crippen molar-refractivity contribution in [2.75, 3.05) is 14.2 Å². The fourth-order valence-electron chi connectivity index (χ4n) is 10.5. The molecule has 2 nitrogen and oxygen atoms in total.